The SMILES string of the molecule is CC(=O)N1CC2(C1)C(=O)N(c1ncc(Cl)cc1F)CC(=O)N2Cc1ccc(C)cc1. The molecule has 0 N–H and O–H groups in total. The Labute approximate surface area is 178 Å². The molecule has 0 radical (unpaired) electrons. The molecule has 3 heterocycles. The number of hydrogen-bond donors (Lipinski definition) is 0. The molecule has 4 rings (SSSR count). The zero-order valence-electron chi connectivity index (χ0n) is 16.6. The van der Waals surface area contributed by atoms with Crippen molar-refractivity contribution in [2.24, 2.45) is 0 Å². The number of likely N-dealkylation sites (tertiary alicyclic amines) is 1. The van der Waals surface area contributed by atoms with Gasteiger partial charge in [-0.05, 0) is 18.6 Å². The maximum atomic E-state index is 14.5. The van der Waals surface area contributed by atoms with Crippen LogP contribution in [0.2, 0.25) is 5.02 Å². The number of pyridine rings is 1. The summed E-state index contributed by atoms with van der Waals surface area (Å²) in [6.45, 7) is 3.38. The van der Waals surface area contributed by atoms with Crippen LogP contribution in [0.5, 0.6) is 0 Å². The highest BCUT2D eigenvalue weighted by atomic mass is 35.5. The molecule has 2 saturated heterocycles. The zero-order chi connectivity index (χ0) is 21.6. The van der Waals surface area contributed by atoms with Crippen molar-refractivity contribution in [3.63, 3.8) is 0 Å². The first-order chi connectivity index (χ1) is 14.2. The van der Waals surface area contributed by atoms with Gasteiger partial charge in [0.05, 0.1) is 18.1 Å². The Balaban J connectivity index is 1.70. The molecule has 0 saturated carbocycles. The average Bonchev–Trinajstić information content (AvgIpc) is 2.65. The normalized spacial score (nSPS) is 18.1. The molecule has 9 heteroatoms. The third kappa shape index (κ3) is 3.31. The molecule has 2 aliphatic rings. The molecular weight excluding hydrogens is 411 g/mol. The molecule has 30 heavy (non-hydrogen) atoms. The Morgan fingerprint density at radius 1 is 1.23 bits per heavy atom. The van der Waals surface area contributed by atoms with Crippen molar-refractivity contribution >= 4 is 35.1 Å². The molecule has 1 spiro atoms. The number of hydrogen-bond acceptors (Lipinski definition) is 4. The van der Waals surface area contributed by atoms with Crippen molar-refractivity contribution in [3.05, 3.63) is 58.5 Å². The molecule has 1 aromatic heterocycles. The second kappa shape index (κ2) is 7.36. The van der Waals surface area contributed by atoms with Crippen LogP contribution in [-0.4, -0.2) is 57.7 Å². The number of aromatic nitrogens is 1. The summed E-state index contributed by atoms with van der Waals surface area (Å²) in [5.41, 5.74) is 0.697. The summed E-state index contributed by atoms with van der Waals surface area (Å²) in [4.78, 5) is 46.4. The molecule has 7 nitrogen and oxygen atoms in total. The summed E-state index contributed by atoms with van der Waals surface area (Å²) in [7, 11) is 0. The molecule has 0 aliphatic carbocycles. The minimum Gasteiger partial charge on any atom is -0.337 e. The Morgan fingerprint density at radius 2 is 1.90 bits per heavy atom. The van der Waals surface area contributed by atoms with Crippen LogP contribution >= 0.6 is 11.6 Å². The van der Waals surface area contributed by atoms with E-state index < -0.39 is 17.3 Å². The lowest BCUT2D eigenvalue weighted by Gasteiger charge is -2.57. The van der Waals surface area contributed by atoms with Crippen molar-refractivity contribution in [1.29, 1.82) is 0 Å². The van der Waals surface area contributed by atoms with Crippen LogP contribution in [0.25, 0.3) is 0 Å². The van der Waals surface area contributed by atoms with E-state index in [-0.39, 0.29) is 48.8 Å². The number of aryl methyl sites for hydroxylation is 1. The predicted octanol–water partition coefficient (Wildman–Crippen LogP) is 2.16. The third-order valence-corrected chi connectivity index (χ3v) is 5.82. The van der Waals surface area contributed by atoms with Gasteiger partial charge in [0.15, 0.2) is 17.2 Å². The highest BCUT2D eigenvalue weighted by molar-refractivity contribution is 6.30. The number of amides is 3. The lowest BCUT2D eigenvalue weighted by molar-refractivity contribution is -0.169. The van der Waals surface area contributed by atoms with Gasteiger partial charge in [-0.15, -0.1) is 0 Å². The van der Waals surface area contributed by atoms with E-state index in [1.54, 1.807) is 0 Å². The van der Waals surface area contributed by atoms with Gasteiger partial charge in [-0.25, -0.2) is 9.37 Å². The van der Waals surface area contributed by atoms with E-state index in [4.69, 9.17) is 11.6 Å². The number of anilines is 1. The van der Waals surface area contributed by atoms with Crippen molar-refractivity contribution in [2.75, 3.05) is 24.5 Å². The van der Waals surface area contributed by atoms with Gasteiger partial charge in [-0.3, -0.25) is 19.3 Å². The first-order valence-electron chi connectivity index (χ1n) is 9.46. The van der Waals surface area contributed by atoms with Crippen molar-refractivity contribution in [1.82, 2.24) is 14.8 Å². The largest absolute Gasteiger partial charge is 0.337 e. The van der Waals surface area contributed by atoms with Crippen LogP contribution in [0.4, 0.5) is 10.2 Å². The van der Waals surface area contributed by atoms with Crippen LogP contribution in [0.1, 0.15) is 18.1 Å². The Morgan fingerprint density at radius 3 is 2.50 bits per heavy atom. The van der Waals surface area contributed by atoms with E-state index in [1.807, 2.05) is 31.2 Å². The minimum atomic E-state index is -1.25. The lowest BCUT2D eigenvalue weighted by atomic mass is 9.83. The monoisotopic (exact) mass is 430 g/mol. The van der Waals surface area contributed by atoms with E-state index in [2.05, 4.69) is 4.98 Å². The Bertz CT molecular complexity index is 1040. The quantitative estimate of drug-likeness (QED) is 0.748. The minimum absolute atomic E-state index is 0.0600. The van der Waals surface area contributed by atoms with Crippen LogP contribution in [-0.2, 0) is 20.9 Å². The first kappa shape index (κ1) is 20.3. The summed E-state index contributed by atoms with van der Waals surface area (Å²) in [6, 6.07) is 8.71. The van der Waals surface area contributed by atoms with Crippen LogP contribution in [0.15, 0.2) is 36.5 Å². The number of rotatable bonds is 3. The highest BCUT2D eigenvalue weighted by Crippen LogP contribution is 2.37. The molecule has 156 valence electrons. The van der Waals surface area contributed by atoms with Crippen molar-refractivity contribution in [2.45, 2.75) is 25.9 Å². The standard InChI is InChI=1S/C21H20ClFN4O3/c1-13-3-5-15(6-4-13)9-27-18(29)10-26(19-17(23)7-16(22)8-24-19)20(30)21(27)11-25(12-21)14(2)28/h3-8H,9-12H2,1-2H3. The number of halogens is 2. The fourth-order valence-corrected chi connectivity index (χ4v) is 4.05. The fourth-order valence-electron chi connectivity index (χ4n) is 3.90. The van der Waals surface area contributed by atoms with Gasteiger partial charge in [0.25, 0.3) is 5.91 Å². The average molecular weight is 431 g/mol. The Hall–Kier alpha value is -3.00. The van der Waals surface area contributed by atoms with E-state index in [0.717, 1.165) is 22.1 Å². The van der Waals surface area contributed by atoms with Crippen molar-refractivity contribution in [3.8, 4) is 0 Å². The first-order valence-corrected chi connectivity index (χ1v) is 9.83. The Kier molecular flexibility index (Phi) is 4.97. The highest BCUT2D eigenvalue weighted by Gasteiger charge is 2.60. The molecule has 3 amide bonds. The van der Waals surface area contributed by atoms with E-state index >= 15 is 0 Å². The summed E-state index contributed by atoms with van der Waals surface area (Å²) in [5, 5.41) is 0.0918. The molecule has 2 fully saturated rings. The van der Waals surface area contributed by atoms with Gasteiger partial charge < -0.3 is 9.80 Å². The molecule has 0 unspecified atom stereocenters. The summed E-state index contributed by atoms with van der Waals surface area (Å²) >= 11 is 5.77. The van der Waals surface area contributed by atoms with Gasteiger partial charge in [-0.1, -0.05) is 41.4 Å². The second-order valence-electron chi connectivity index (χ2n) is 7.72. The molecule has 1 aromatic carbocycles. The summed E-state index contributed by atoms with van der Waals surface area (Å²) in [6.07, 6.45) is 1.23. The number of carbonyl (C=O) groups is 3. The van der Waals surface area contributed by atoms with Crippen LogP contribution < -0.4 is 4.90 Å². The zero-order valence-corrected chi connectivity index (χ0v) is 17.3. The van der Waals surface area contributed by atoms with Gasteiger partial charge in [-0.2, -0.15) is 0 Å². The topological polar surface area (TPSA) is 73.8 Å². The maximum Gasteiger partial charge on any atom is 0.258 e. The second-order valence-corrected chi connectivity index (χ2v) is 8.16. The summed E-state index contributed by atoms with van der Waals surface area (Å²) < 4.78 is 14.5. The number of nitrogens with zero attached hydrogens (tertiary/aromatic N) is 4. The number of carbonyl (C=O) groups excluding carboxylic acids is 3. The fraction of sp³-hybridized carbons (Fsp3) is 0.333. The molecule has 2 aromatic rings. The van der Waals surface area contributed by atoms with Gasteiger partial charge in [0.1, 0.15) is 6.54 Å². The molecule has 0 atom stereocenters. The maximum absolute atomic E-state index is 14.5. The van der Waals surface area contributed by atoms with Crippen molar-refractivity contribution < 1.29 is 18.8 Å². The van der Waals surface area contributed by atoms with E-state index in [1.165, 1.54) is 22.9 Å². The molecule has 0 bridgehead atoms. The molecule has 2 aliphatic heterocycles. The van der Waals surface area contributed by atoms with Crippen LogP contribution in [0.3, 0.4) is 0 Å². The van der Waals surface area contributed by atoms with Crippen LogP contribution in [0, 0.1) is 12.7 Å². The van der Waals surface area contributed by atoms with E-state index in [0.29, 0.717) is 0 Å². The van der Waals surface area contributed by atoms with Gasteiger partial charge >= 0.3 is 0 Å². The van der Waals surface area contributed by atoms with Gasteiger partial charge in [0, 0.05) is 19.7 Å². The molecular formula is C21H20ClFN4O3. The third-order valence-electron chi connectivity index (χ3n) is 5.61. The number of benzene rings is 1. The smallest absolute Gasteiger partial charge is 0.258 e. The lowest BCUT2D eigenvalue weighted by Crippen LogP contribution is -2.81. The van der Waals surface area contributed by atoms with Gasteiger partial charge in [0.2, 0.25) is 11.8 Å². The summed E-state index contributed by atoms with van der Waals surface area (Å²) in [5.74, 6) is -2.01. The predicted molar refractivity (Wildman–Crippen MR) is 108 cm³/mol. The number of piperazine rings is 1. The van der Waals surface area contributed by atoms with E-state index in [9.17, 15) is 18.8 Å².